The SMILES string of the molecule is CCCN(CC(=O)O)C(=O)COc1ccc([N+](=O)[O-])cc1. The molecule has 0 bridgehead atoms. The summed E-state index contributed by atoms with van der Waals surface area (Å²) in [5, 5.41) is 19.2. The lowest BCUT2D eigenvalue weighted by atomic mass is 10.3. The van der Waals surface area contributed by atoms with Gasteiger partial charge in [-0.05, 0) is 18.6 Å². The second-order valence-corrected chi connectivity index (χ2v) is 4.25. The number of benzene rings is 1. The van der Waals surface area contributed by atoms with Crippen molar-refractivity contribution >= 4 is 17.6 Å². The van der Waals surface area contributed by atoms with E-state index in [4.69, 9.17) is 9.84 Å². The van der Waals surface area contributed by atoms with E-state index in [1.165, 1.54) is 29.2 Å². The second kappa shape index (κ2) is 7.83. The highest BCUT2D eigenvalue weighted by Gasteiger charge is 2.16. The van der Waals surface area contributed by atoms with Crippen molar-refractivity contribution in [1.82, 2.24) is 4.90 Å². The first-order valence-corrected chi connectivity index (χ1v) is 6.31. The van der Waals surface area contributed by atoms with Crippen LogP contribution in [0.5, 0.6) is 5.75 Å². The lowest BCUT2D eigenvalue weighted by Crippen LogP contribution is -2.39. The summed E-state index contributed by atoms with van der Waals surface area (Å²) in [6.07, 6.45) is 0.635. The van der Waals surface area contributed by atoms with Crippen LogP contribution < -0.4 is 4.74 Å². The normalized spacial score (nSPS) is 9.95. The lowest BCUT2D eigenvalue weighted by Gasteiger charge is -2.19. The lowest BCUT2D eigenvalue weighted by molar-refractivity contribution is -0.384. The minimum Gasteiger partial charge on any atom is -0.484 e. The van der Waals surface area contributed by atoms with Crippen molar-refractivity contribution in [3.8, 4) is 5.75 Å². The molecule has 0 atom stereocenters. The van der Waals surface area contributed by atoms with Crippen molar-refractivity contribution in [3.63, 3.8) is 0 Å². The summed E-state index contributed by atoms with van der Waals surface area (Å²) in [5.41, 5.74) is -0.0767. The standard InChI is InChI=1S/C13H16N2O6/c1-2-7-14(8-13(17)18)12(16)9-21-11-5-3-10(4-6-11)15(19)20/h3-6H,2,7-9H2,1H3,(H,17,18). The van der Waals surface area contributed by atoms with E-state index in [2.05, 4.69) is 0 Å². The van der Waals surface area contributed by atoms with Crippen LogP contribution >= 0.6 is 0 Å². The average molecular weight is 296 g/mol. The number of rotatable bonds is 8. The fourth-order valence-electron chi connectivity index (χ4n) is 1.63. The van der Waals surface area contributed by atoms with Gasteiger partial charge >= 0.3 is 5.97 Å². The fourth-order valence-corrected chi connectivity index (χ4v) is 1.63. The number of non-ortho nitro benzene ring substituents is 1. The van der Waals surface area contributed by atoms with Crippen molar-refractivity contribution < 1.29 is 24.4 Å². The van der Waals surface area contributed by atoms with Gasteiger partial charge in [-0.3, -0.25) is 19.7 Å². The van der Waals surface area contributed by atoms with Crippen LogP contribution in [-0.4, -0.2) is 46.5 Å². The predicted octanol–water partition coefficient (Wildman–Crippen LogP) is 1.30. The number of nitro groups is 1. The molecule has 0 fully saturated rings. The third kappa shape index (κ3) is 5.47. The van der Waals surface area contributed by atoms with E-state index in [1.54, 1.807) is 0 Å². The van der Waals surface area contributed by atoms with E-state index in [9.17, 15) is 19.7 Å². The van der Waals surface area contributed by atoms with Crippen LogP contribution in [0.1, 0.15) is 13.3 Å². The van der Waals surface area contributed by atoms with Gasteiger partial charge < -0.3 is 14.7 Å². The van der Waals surface area contributed by atoms with Crippen molar-refractivity contribution in [3.05, 3.63) is 34.4 Å². The molecular formula is C13H16N2O6. The number of carbonyl (C=O) groups is 2. The molecule has 0 aliphatic carbocycles. The highest BCUT2D eigenvalue weighted by molar-refractivity contribution is 5.82. The molecule has 0 unspecified atom stereocenters. The molecule has 0 spiro atoms. The Balaban J connectivity index is 2.57. The van der Waals surface area contributed by atoms with Gasteiger partial charge in [0.05, 0.1) is 4.92 Å². The molecule has 0 saturated carbocycles. The van der Waals surface area contributed by atoms with E-state index in [-0.39, 0.29) is 18.8 Å². The molecule has 1 aromatic carbocycles. The summed E-state index contributed by atoms with van der Waals surface area (Å²) in [6, 6.07) is 5.29. The van der Waals surface area contributed by atoms with Crippen LogP contribution in [0.2, 0.25) is 0 Å². The van der Waals surface area contributed by atoms with Crippen LogP contribution in [0.25, 0.3) is 0 Å². The van der Waals surface area contributed by atoms with Gasteiger partial charge in [-0.2, -0.15) is 0 Å². The molecule has 0 heterocycles. The zero-order valence-electron chi connectivity index (χ0n) is 11.5. The molecule has 1 N–H and O–H groups in total. The number of hydrogen-bond donors (Lipinski definition) is 1. The first-order valence-electron chi connectivity index (χ1n) is 6.31. The molecule has 0 aliphatic heterocycles. The van der Waals surface area contributed by atoms with Gasteiger partial charge in [0, 0.05) is 18.7 Å². The molecule has 1 rings (SSSR count). The van der Waals surface area contributed by atoms with Crippen molar-refractivity contribution in [2.75, 3.05) is 19.7 Å². The maximum Gasteiger partial charge on any atom is 0.323 e. The predicted molar refractivity (Wildman–Crippen MR) is 73.1 cm³/mol. The van der Waals surface area contributed by atoms with Gasteiger partial charge in [0.2, 0.25) is 0 Å². The summed E-state index contributed by atoms with van der Waals surface area (Å²) in [5.74, 6) is -1.23. The van der Waals surface area contributed by atoms with Crippen LogP contribution in [0.3, 0.4) is 0 Å². The number of amides is 1. The molecule has 8 heteroatoms. The Bertz CT molecular complexity index is 514. The number of carboxylic acids is 1. The quantitative estimate of drug-likeness (QED) is 0.572. The van der Waals surface area contributed by atoms with Crippen molar-refractivity contribution in [1.29, 1.82) is 0 Å². The van der Waals surface area contributed by atoms with E-state index in [0.717, 1.165) is 0 Å². The molecule has 114 valence electrons. The van der Waals surface area contributed by atoms with Gasteiger partial charge in [0.25, 0.3) is 11.6 Å². The van der Waals surface area contributed by atoms with E-state index < -0.39 is 16.8 Å². The first kappa shape index (κ1) is 16.4. The molecule has 0 aliphatic rings. The van der Waals surface area contributed by atoms with E-state index >= 15 is 0 Å². The summed E-state index contributed by atoms with van der Waals surface area (Å²) in [6.45, 7) is 1.47. The Morgan fingerprint density at radius 1 is 1.33 bits per heavy atom. The zero-order valence-corrected chi connectivity index (χ0v) is 11.5. The van der Waals surface area contributed by atoms with Crippen molar-refractivity contribution in [2.45, 2.75) is 13.3 Å². The number of hydrogen-bond acceptors (Lipinski definition) is 5. The summed E-state index contributed by atoms with van der Waals surface area (Å²) < 4.78 is 5.20. The van der Waals surface area contributed by atoms with Gasteiger partial charge in [-0.15, -0.1) is 0 Å². The Labute approximate surface area is 121 Å². The molecule has 0 aromatic heterocycles. The Morgan fingerprint density at radius 3 is 2.43 bits per heavy atom. The smallest absolute Gasteiger partial charge is 0.323 e. The molecular weight excluding hydrogens is 280 g/mol. The Kier molecular flexibility index (Phi) is 6.12. The zero-order chi connectivity index (χ0) is 15.8. The fraction of sp³-hybridized carbons (Fsp3) is 0.385. The average Bonchev–Trinajstić information content (AvgIpc) is 2.44. The number of ether oxygens (including phenoxy) is 1. The van der Waals surface area contributed by atoms with Gasteiger partial charge in [-0.25, -0.2) is 0 Å². The highest BCUT2D eigenvalue weighted by Crippen LogP contribution is 2.17. The minimum atomic E-state index is -1.09. The maximum absolute atomic E-state index is 11.8. The summed E-state index contributed by atoms with van der Waals surface area (Å²) >= 11 is 0. The maximum atomic E-state index is 11.8. The molecule has 21 heavy (non-hydrogen) atoms. The number of aliphatic carboxylic acids is 1. The van der Waals surface area contributed by atoms with E-state index in [1.807, 2.05) is 6.92 Å². The molecule has 0 radical (unpaired) electrons. The monoisotopic (exact) mass is 296 g/mol. The first-order chi connectivity index (χ1) is 9.93. The van der Waals surface area contributed by atoms with Crippen LogP contribution in [0, 0.1) is 10.1 Å². The number of carboxylic acid groups (broad SMARTS) is 1. The van der Waals surface area contributed by atoms with E-state index in [0.29, 0.717) is 18.7 Å². The molecule has 8 nitrogen and oxygen atoms in total. The van der Waals surface area contributed by atoms with Crippen LogP contribution in [0.15, 0.2) is 24.3 Å². The molecule has 1 aromatic rings. The topological polar surface area (TPSA) is 110 Å². The highest BCUT2D eigenvalue weighted by atomic mass is 16.6. The van der Waals surface area contributed by atoms with Crippen LogP contribution in [0.4, 0.5) is 5.69 Å². The number of nitrogens with zero attached hydrogens (tertiary/aromatic N) is 2. The van der Waals surface area contributed by atoms with Crippen molar-refractivity contribution in [2.24, 2.45) is 0 Å². The third-order valence-corrected chi connectivity index (χ3v) is 2.58. The second-order valence-electron chi connectivity index (χ2n) is 4.25. The van der Waals surface area contributed by atoms with Gasteiger partial charge in [0.1, 0.15) is 12.3 Å². The largest absolute Gasteiger partial charge is 0.484 e. The summed E-state index contributed by atoms with van der Waals surface area (Å²) in [4.78, 5) is 33.7. The number of nitro benzene ring substituents is 1. The summed E-state index contributed by atoms with van der Waals surface area (Å²) in [7, 11) is 0. The third-order valence-electron chi connectivity index (χ3n) is 2.58. The number of carbonyl (C=O) groups excluding carboxylic acids is 1. The van der Waals surface area contributed by atoms with Gasteiger partial charge in [-0.1, -0.05) is 6.92 Å². The Hall–Kier alpha value is -2.64. The van der Waals surface area contributed by atoms with Crippen LogP contribution in [-0.2, 0) is 9.59 Å². The molecule has 1 amide bonds. The minimum absolute atomic E-state index is 0.0767. The van der Waals surface area contributed by atoms with Gasteiger partial charge in [0.15, 0.2) is 6.61 Å². The Morgan fingerprint density at radius 2 is 1.95 bits per heavy atom. The molecule has 0 saturated heterocycles.